The van der Waals surface area contributed by atoms with Gasteiger partial charge in [-0.05, 0) is 49.9 Å². The van der Waals surface area contributed by atoms with E-state index in [2.05, 4.69) is 25.1 Å². The molecule has 0 bridgehead atoms. The van der Waals surface area contributed by atoms with Crippen molar-refractivity contribution in [3.8, 4) is 11.5 Å². The summed E-state index contributed by atoms with van der Waals surface area (Å²) in [4.78, 5) is 11.2. The van der Waals surface area contributed by atoms with Crippen LogP contribution in [0.3, 0.4) is 0 Å². The van der Waals surface area contributed by atoms with Crippen LogP contribution in [0.5, 0.6) is 0 Å². The van der Waals surface area contributed by atoms with Crippen LogP contribution in [0.25, 0.3) is 11.5 Å². The third-order valence-electron chi connectivity index (χ3n) is 4.63. The summed E-state index contributed by atoms with van der Waals surface area (Å²) >= 11 is 0. The van der Waals surface area contributed by atoms with Crippen LogP contribution in [0.2, 0.25) is 0 Å². The van der Waals surface area contributed by atoms with Crippen LogP contribution in [-0.2, 0) is 6.54 Å². The summed E-state index contributed by atoms with van der Waals surface area (Å²) in [6.07, 6.45) is 2.30. The molecule has 0 amide bonds. The number of hydrogen-bond donors (Lipinski definition) is 0. The standard InChI is InChI=1S/C18H22N6O/c1-13-19-14(2)24(21-13)12-15-7-6-10-23(11-15)18-20-17(25-22-18)16-8-4-3-5-9-16/h3-5,8-9,15H,6-7,10-12H2,1-2H3. The van der Waals surface area contributed by atoms with Gasteiger partial charge in [-0.15, -0.1) is 0 Å². The molecule has 1 fully saturated rings. The molecule has 1 saturated heterocycles. The van der Waals surface area contributed by atoms with Gasteiger partial charge >= 0.3 is 0 Å². The second kappa shape index (κ2) is 6.66. The lowest BCUT2D eigenvalue weighted by Crippen LogP contribution is -2.38. The van der Waals surface area contributed by atoms with E-state index in [0.29, 0.717) is 17.8 Å². The fraction of sp³-hybridized carbons (Fsp3) is 0.444. The quantitative estimate of drug-likeness (QED) is 0.728. The summed E-state index contributed by atoms with van der Waals surface area (Å²) in [6.45, 7) is 6.69. The Bertz CT molecular complexity index is 840. The summed E-state index contributed by atoms with van der Waals surface area (Å²) in [7, 11) is 0. The van der Waals surface area contributed by atoms with Crippen LogP contribution in [0.4, 0.5) is 5.95 Å². The summed E-state index contributed by atoms with van der Waals surface area (Å²) in [5, 5.41) is 8.67. The third-order valence-corrected chi connectivity index (χ3v) is 4.63. The first-order valence-electron chi connectivity index (χ1n) is 8.71. The van der Waals surface area contributed by atoms with Gasteiger partial charge < -0.3 is 9.42 Å². The van der Waals surface area contributed by atoms with Crippen molar-refractivity contribution in [2.75, 3.05) is 18.0 Å². The van der Waals surface area contributed by atoms with Crippen molar-refractivity contribution in [3.05, 3.63) is 42.0 Å². The molecule has 1 aliphatic rings. The van der Waals surface area contributed by atoms with Gasteiger partial charge in [0.15, 0.2) is 0 Å². The number of anilines is 1. The van der Waals surface area contributed by atoms with Crippen molar-refractivity contribution in [2.24, 2.45) is 5.92 Å². The van der Waals surface area contributed by atoms with Crippen LogP contribution in [0.15, 0.2) is 34.9 Å². The lowest BCUT2D eigenvalue weighted by Gasteiger charge is -2.31. The average Bonchev–Trinajstić information content (AvgIpc) is 3.23. The van der Waals surface area contributed by atoms with E-state index in [0.717, 1.165) is 43.3 Å². The Balaban J connectivity index is 1.46. The van der Waals surface area contributed by atoms with Crippen LogP contribution >= 0.6 is 0 Å². The van der Waals surface area contributed by atoms with Gasteiger partial charge in [0.05, 0.1) is 0 Å². The molecule has 7 nitrogen and oxygen atoms in total. The molecule has 0 N–H and O–H groups in total. The fourth-order valence-electron chi connectivity index (χ4n) is 3.42. The normalized spacial score (nSPS) is 17.8. The fourth-order valence-corrected chi connectivity index (χ4v) is 3.42. The van der Waals surface area contributed by atoms with Crippen LogP contribution in [-0.4, -0.2) is 38.0 Å². The monoisotopic (exact) mass is 338 g/mol. The first-order chi connectivity index (χ1) is 12.2. The molecule has 7 heteroatoms. The summed E-state index contributed by atoms with van der Waals surface area (Å²) in [5.41, 5.74) is 0.948. The highest BCUT2D eigenvalue weighted by atomic mass is 16.5. The Kier molecular flexibility index (Phi) is 4.21. The molecule has 0 radical (unpaired) electrons. The zero-order valence-electron chi connectivity index (χ0n) is 14.6. The number of aromatic nitrogens is 5. The minimum Gasteiger partial charge on any atom is -0.338 e. The Labute approximate surface area is 146 Å². The molecule has 4 rings (SSSR count). The molecule has 1 aliphatic heterocycles. The van der Waals surface area contributed by atoms with Crippen molar-refractivity contribution in [2.45, 2.75) is 33.2 Å². The minimum absolute atomic E-state index is 0.507. The lowest BCUT2D eigenvalue weighted by molar-refractivity contribution is 0.342. The predicted molar refractivity (Wildman–Crippen MR) is 94.2 cm³/mol. The SMILES string of the molecule is Cc1nc(C)n(CC2CCCN(c3noc(-c4ccccc4)n3)C2)n1. The van der Waals surface area contributed by atoms with Crippen LogP contribution in [0, 0.1) is 19.8 Å². The number of nitrogens with zero attached hydrogens (tertiary/aromatic N) is 6. The third kappa shape index (κ3) is 3.40. The second-order valence-corrected chi connectivity index (χ2v) is 6.61. The van der Waals surface area contributed by atoms with E-state index in [4.69, 9.17) is 4.52 Å². The topological polar surface area (TPSA) is 72.9 Å². The Morgan fingerprint density at radius 1 is 1.16 bits per heavy atom. The average molecular weight is 338 g/mol. The zero-order chi connectivity index (χ0) is 17.2. The molecule has 1 atom stereocenters. The van der Waals surface area contributed by atoms with E-state index in [-0.39, 0.29) is 0 Å². The molecule has 0 saturated carbocycles. The summed E-state index contributed by atoms with van der Waals surface area (Å²) < 4.78 is 7.46. The molecular weight excluding hydrogens is 316 g/mol. The van der Waals surface area contributed by atoms with E-state index in [1.807, 2.05) is 48.9 Å². The highest BCUT2D eigenvalue weighted by Gasteiger charge is 2.24. The largest absolute Gasteiger partial charge is 0.338 e. The van der Waals surface area contributed by atoms with Gasteiger partial charge in [0.25, 0.3) is 11.8 Å². The lowest BCUT2D eigenvalue weighted by atomic mass is 9.98. The number of benzene rings is 1. The molecular formula is C18H22N6O. The summed E-state index contributed by atoms with van der Waals surface area (Å²) in [5.74, 6) is 3.55. The first kappa shape index (κ1) is 15.8. The number of rotatable bonds is 4. The van der Waals surface area contributed by atoms with Gasteiger partial charge in [0.2, 0.25) is 0 Å². The van der Waals surface area contributed by atoms with Gasteiger partial charge in [-0.25, -0.2) is 9.67 Å². The number of piperidine rings is 1. The van der Waals surface area contributed by atoms with E-state index in [1.54, 1.807) is 0 Å². The van der Waals surface area contributed by atoms with E-state index in [9.17, 15) is 0 Å². The van der Waals surface area contributed by atoms with Crippen LogP contribution < -0.4 is 4.90 Å². The predicted octanol–water partition coefficient (Wildman–Crippen LogP) is 2.86. The molecule has 25 heavy (non-hydrogen) atoms. The second-order valence-electron chi connectivity index (χ2n) is 6.61. The van der Waals surface area contributed by atoms with Crippen molar-refractivity contribution in [3.63, 3.8) is 0 Å². The van der Waals surface area contributed by atoms with Gasteiger partial charge in [0.1, 0.15) is 11.6 Å². The van der Waals surface area contributed by atoms with Crippen molar-refractivity contribution in [1.82, 2.24) is 24.9 Å². The maximum absolute atomic E-state index is 5.45. The molecule has 1 aromatic carbocycles. The molecule has 0 aliphatic carbocycles. The van der Waals surface area contributed by atoms with E-state index < -0.39 is 0 Å². The van der Waals surface area contributed by atoms with E-state index >= 15 is 0 Å². The molecule has 3 heterocycles. The van der Waals surface area contributed by atoms with Crippen molar-refractivity contribution >= 4 is 5.95 Å². The van der Waals surface area contributed by atoms with Gasteiger partial charge in [0, 0.05) is 25.2 Å². The Morgan fingerprint density at radius 2 is 2.00 bits per heavy atom. The maximum atomic E-state index is 5.45. The molecule has 2 aromatic heterocycles. The van der Waals surface area contributed by atoms with Crippen LogP contribution in [0.1, 0.15) is 24.5 Å². The first-order valence-corrected chi connectivity index (χ1v) is 8.71. The molecule has 130 valence electrons. The highest BCUT2D eigenvalue weighted by molar-refractivity contribution is 5.54. The number of hydrogen-bond acceptors (Lipinski definition) is 6. The van der Waals surface area contributed by atoms with Gasteiger partial charge in [-0.2, -0.15) is 10.1 Å². The van der Waals surface area contributed by atoms with E-state index in [1.165, 1.54) is 6.42 Å². The van der Waals surface area contributed by atoms with Crippen molar-refractivity contribution in [1.29, 1.82) is 0 Å². The molecule has 1 unspecified atom stereocenters. The molecule has 0 spiro atoms. The smallest absolute Gasteiger partial charge is 0.266 e. The Hall–Kier alpha value is -2.70. The maximum Gasteiger partial charge on any atom is 0.266 e. The van der Waals surface area contributed by atoms with Crippen molar-refractivity contribution < 1.29 is 4.52 Å². The number of aryl methyl sites for hydroxylation is 2. The molecule has 3 aromatic rings. The van der Waals surface area contributed by atoms with Gasteiger partial charge in [-0.1, -0.05) is 18.2 Å². The Morgan fingerprint density at radius 3 is 2.76 bits per heavy atom. The highest BCUT2D eigenvalue weighted by Crippen LogP contribution is 2.25. The minimum atomic E-state index is 0.507. The van der Waals surface area contributed by atoms with Gasteiger partial charge in [-0.3, -0.25) is 0 Å². The summed E-state index contributed by atoms with van der Waals surface area (Å²) in [6, 6.07) is 9.87. The zero-order valence-corrected chi connectivity index (χ0v) is 14.6.